The average molecular weight is 303 g/mol. The largest absolute Gasteiger partial charge is 0.493 e. The van der Waals surface area contributed by atoms with Gasteiger partial charge in [-0.25, -0.2) is 4.39 Å². The van der Waals surface area contributed by atoms with Gasteiger partial charge in [0, 0.05) is 17.5 Å². The summed E-state index contributed by atoms with van der Waals surface area (Å²) >= 11 is 0. The van der Waals surface area contributed by atoms with Crippen molar-refractivity contribution in [1.29, 1.82) is 0 Å². The lowest BCUT2D eigenvalue weighted by molar-refractivity contribution is 0.145. The second-order valence-electron chi connectivity index (χ2n) is 8.12. The van der Waals surface area contributed by atoms with Crippen molar-refractivity contribution in [2.75, 3.05) is 26.7 Å². The molecule has 1 aliphatic carbocycles. The maximum absolute atomic E-state index is 14.6. The van der Waals surface area contributed by atoms with Gasteiger partial charge in [0.1, 0.15) is 11.6 Å². The van der Waals surface area contributed by atoms with E-state index in [2.05, 4.69) is 25.8 Å². The van der Waals surface area contributed by atoms with Gasteiger partial charge in [0.2, 0.25) is 0 Å². The van der Waals surface area contributed by atoms with Crippen molar-refractivity contribution >= 4 is 0 Å². The summed E-state index contributed by atoms with van der Waals surface area (Å²) in [5, 5.41) is 0. The highest BCUT2D eigenvalue weighted by atomic mass is 19.1. The zero-order chi connectivity index (χ0) is 15.5. The number of rotatable bonds is 1. The Kier molecular flexibility index (Phi) is 3.26. The lowest BCUT2D eigenvalue weighted by atomic mass is 9.69. The van der Waals surface area contributed by atoms with Gasteiger partial charge >= 0.3 is 0 Å². The summed E-state index contributed by atoms with van der Waals surface area (Å²) in [7, 11) is 2.20. The van der Waals surface area contributed by atoms with Gasteiger partial charge in [-0.15, -0.1) is 0 Å². The van der Waals surface area contributed by atoms with E-state index in [0.717, 1.165) is 42.8 Å². The summed E-state index contributed by atoms with van der Waals surface area (Å²) < 4.78 is 20.6. The molecule has 0 saturated carbocycles. The Morgan fingerprint density at radius 1 is 1.27 bits per heavy atom. The van der Waals surface area contributed by atoms with Gasteiger partial charge in [-0.3, -0.25) is 0 Å². The molecule has 3 heteroatoms. The van der Waals surface area contributed by atoms with Crippen LogP contribution in [0.4, 0.5) is 4.39 Å². The molecule has 0 N–H and O–H groups in total. The Hall–Kier alpha value is -1.09. The fourth-order valence-electron chi connectivity index (χ4n) is 5.06. The number of fused-ring (bicyclic) bond motifs is 3. The van der Waals surface area contributed by atoms with Crippen LogP contribution in [-0.4, -0.2) is 31.6 Å². The number of hydrogen-bond acceptors (Lipinski definition) is 2. The maximum atomic E-state index is 14.6. The van der Waals surface area contributed by atoms with Crippen molar-refractivity contribution < 1.29 is 9.13 Å². The van der Waals surface area contributed by atoms with E-state index in [1.54, 1.807) is 6.07 Å². The van der Waals surface area contributed by atoms with Gasteiger partial charge in [-0.1, -0.05) is 13.8 Å². The van der Waals surface area contributed by atoms with Gasteiger partial charge in [-0.2, -0.15) is 0 Å². The van der Waals surface area contributed by atoms with Crippen LogP contribution >= 0.6 is 0 Å². The number of benzene rings is 1. The molecule has 4 rings (SSSR count). The number of piperidine rings is 1. The molecule has 120 valence electrons. The standard InChI is InChI=1S/C19H26FNO/c1-19(2)11-14-15(20)10-13-6-9-22-18(13)16(14)17(19)12-4-7-21(3)8-5-12/h10,12,17H,4-9,11H2,1-3H3. The number of halogens is 1. The van der Waals surface area contributed by atoms with E-state index < -0.39 is 0 Å². The molecule has 2 heterocycles. The number of ether oxygens (including phenoxy) is 1. The molecule has 1 aromatic carbocycles. The van der Waals surface area contributed by atoms with Crippen molar-refractivity contribution in [2.45, 2.75) is 45.4 Å². The van der Waals surface area contributed by atoms with Gasteiger partial charge in [0.05, 0.1) is 6.61 Å². The summed E-state index contributed by atoms with van der Waals surface area (Å²) in [6.45, 7) is 7.66. The normalized spacial score (nSPS) is 27.5. The Bertz CT molecular complexity index is 602. The number of likely N-dealkylation sites (tertiary alicyclic amines) is 1. The molecule has 1 fully saturated rings. The highest BCUT2D eigenvalue weighted by Crippen LogP contribution is 2.57. The van der Waals surface area contributed by atoms with Gasteiger partial charge in [0.25, 0.3) is 0 Å². The van der Waals surface area contributed by atoms with Crippen LogP contribution in [0, 0.1) is 17.2 Å². The lowest BCUT2D eigenvalue weighted by Gasteiger charge is -2.39. The molecule has 3 aliphatic rings. The molecule has 22 heavy (non-hydrogen) atoms. The lowest BCUT2D eigenvalue weighted by Crippen LogP contribution is -2.36. The first kappa shape index (κ1) is 14.5. The van der Waals surface area contributed by atoms with E-state index in [1.807, 2.05) is 0 Å². The van der Waals surface area contributed by atoms with Crippen LogP contribution in [0.25, 0.3) is 0 Å². The molecule has 0 spiro atoms. The van der Waals surface area contributed by atoms with Crippen LogP contribution in [0.5, 0.6) is 5.75 Å². The van der Waals surface area contributed by atoms with Crippen molar-refractivity contribution in [3.8, 4) is 5.75 Å². The monoisotopic (exact) mass is 303 g/mol. The fraction of sp³-hybridized carbons (Fsp3) is 0.684. The zero-order valence-electron chi connectivity index (χ0n) is 13.9. The third kappa shape index (κ3) is 2.09. The first-order valence-corrected chi connectivity index (χ1v) is 8.63. The van der Waals surface area contributed by atoms with E-state index in [0.29, 0.717) is 18.4 Å². The molecular weight excluding hydrogens is 277 g/mol. The highest BCUT2D eigenvalue weighted by molar-refractivity contribution is 5.55. The van der Waals surface area contributed by atoms with Crippen LogP contribution < -0.4 is 4.74 Å². The van der Waals surface area contributed by atoms with E-state index >= 15 is 0 Å². The van der Waals surface area contributed by atoms with Crippen LogP contribution in [0.3, 0.4) is 0 Å². The molecular formula is C19H26FNO. The first-order valence-electron chi connectivity index (χ1n) is 8.63. The topological polar surface area (TPSA) is 12.5 Å². The second kappa shape index (κ2) is 4.95. The summed E-state index contributed by atoms with van der Waals surface area (Å²) in [5.74, 6) is 2.13. The Balaban J connectivity index is 1.80. The van der Waals surface area contributed by atoms with E-state index in [9.17, 15) is 4.39 Å². The molecule has 0 bridgehead atoms. The SMILES string of the molecule is CN1CCC(C2c3c(c(F)cc4c3OCC4)CC2(C)C)CC1. The molecule has 2 nitrogen and oxygen atoms in total. The minimum absolute atomic E-state index is 0.00255. The maximum Gasteiger partial charge on any atom is 0.127 e. The fourth-order valence-corrected chi connectivity index (χ4v) is 5.06. The van der Waals surface area contributed by atoms with Crippen molar-refractivity contribution in [3.63, 3.8) is 0 Å². The Morgan fingerprint density at radius 3 is 2.73 bits per heavy atom. The van der Waals surface area contributed by atoms with Crippen LogP contribution in [0.15, 0.2) is 6.07 Å². The summed E-state index contributed by atoms with van der Waals surface area (Å²) in [6, 6.07) is 1.73. The smallest absolute Gasteiger partial charge is 0.127 e. The quantitative estimate of drug-likeness (QED) is 0.783. The summed E-state index contributed by atoms with van der Waals surface area (Å²) in [6.07, 6.45) is 4.15. The number of nitrogens with zero attached hydrogens (tertiary/aromatic N) is 1. The second-order valence-corrected chi connectivity index (χ2v) is 8.12. The molecule has 1 saturated heterocycles. The highest BCUT2D eigenvalue weighted by Gasteiger charge is 2.47. The van der Waals surface area contributed by atoms with Crippen LogP contribution in [0.2, 0.25) is 0 Å². The van der Waals surface area contributed by atoms with Crippen LogP contribution in [-0.2, 0) is 12.8 Å². The van der Waals surface area contributed by atoms with Gasteiger partial charge in [0.15, 0.2) is 0 Å². The third-order valence-electron chi connectivity index (χ3n) is 6.09. The zero-order valence-corrected chi connectivity index (χ0v) is 13.9. The predicted octanol–water partition coefficient (Wildman–Crippen LogP) is 3.77. The minimum Gasteiger partial charge on any atom is -0.493 e. The van der Waals surface area contributed by atoms with E-state index in [1.165, 1.54) is 18.4 Å². The molecule has 0 amide bonds. The number of hydrogen-bond donors (Lipinski definition) is 0. The van der Waals surface area contributed by atoms with Crippen LogP contribution in [0.1, 0.15) is 49.3 Å². The Morgan fingerprint density at radius 2 is 2.00 bits per heavy atom. The average Bonchev–Trinajstić information content (AvgIpc) is 3.01. The molecule has 1 atom stereocenters. The Labute approximate surface area is 132 Å². The molecule has 0 aromatic heterocycles. The minimum atomic E-state index is 0.00255. The predicted molar refractivity (Wildman–Crippen MR) is 86.0 cm³/mol. The van der Waals surface area contributed by atoms with Crippen molar-refractivity contribution in [1.82, 2.24) is 4.90 Å². The first-order chi connectivity index (χ1) is 10.5. The third-order valence-corrected chi connectivity index (χ3v) is 6.09. The van der Waals surface area contributed by atoms with Crippen molar-refractivity contribution in [2.24, 2.45) is 11.3 Å². The molecule has 1 unspecified atom stereocenters. The van der Waals surface area contributed by atoms with Gasteiger partial charge < -0.3 is 9.64 Å². The van der Waals surface area contributed by atoms with E-state index in [-0.39, 0.29) is 11.2 Å². The van der Waals surface area contributed by atoms with Crippen molar-refractivity contribution in [3.05, 3.63) is 28.6 Å². The van der Waals surface area contributed by atoms with Gasteiger partial charge in [-0.05, 0) is 68.3 Å². The molecule has 2 aliphatic heterocycles. The summed E-state index contributed by atoms with van der Waals surface area (Å²) in [4.78, 5) is 2.41. The molecule has 0 radical (unpaired) electrons. The summed E-state index contributed by atoms with van der Waals surface area (Å²) in [5.41, 5.74) is 3.39. The van der Waals surface area contributed by atoms with E-state index in [4.69, 9.17) is 4.74 Å². The molecule has 1 aromatic rings.